The van der Waals surface area contributed by atoms with Crippen LogP contribution in [-0.4, -0.2) is 63.8 Å². The summed E-state index contributed by atoms with van der Waals surface area (Å²) in [6, 6.07) is 8.00. The minimum atomic E-state index is -2.89. The first-order valence-electron chi connectivity index (χ1n) is 10.1. The normalized spacial score (nSPS) is 16.5. The van der Waals surface area contributed by atoms with E-state index in [1.807, 2.05) is 13.1 Å². The van der Waals surface area contributed by atoms with Gasteiger partial charge in [-0.1, -0.05) is 0 Å². The van der Waals surface area contributed by atoms with E-state index < -0.39 is 12.0 Å². The largest absolute Gasteiger partial charge is 0.465 e. The zero-order chi connectivity index (χ0) is 22.0. The van der Waals surface area contributed by atoms with Crippen LogP contribution in [0.4, 0.5) is 8.78 Å². The number of likely N-dealkylation sites (tertiary alicyclic amines) is 1. The second-order valence-corrected chi connectivity index (χ2v) is 7.51. The van der Waals surface area contributed by atoms with Crippen LogP contribution >= 0.6 is 0 Å². The van der Waals surface area contributed by atoms with Crippen LogP contribution in [-0.2, 0) is 14.9 Å². The maximum Gasteiger partial charge on any atom is 0.387 e. The molecule has 0 saturated carbocycles. The van der Waals surface area contributed by atoms with Gasteiger partial charge < -0.3 is 14.4 Å². The van der Waals surface area contributed by atoms with Crippen molar-refractivity contribution in [2.45, 2.75) is 31.8 Å². The number of benzene rings is 1. The number of aromatic nitrogens is 4. The summed E-state index contributed by atoms with van der Waals surface area (Å²) in [5.74, 6) is 0.113. The molecule has 164 valence electrons. The SMILES string of the molecule is CCOC(=O)C1(c2cc(-c3ccc(OC(F)F)cc3)nc3ncnn23)CCN(C)CC1. The highest BCUT2D eigenvalue weighted by Crippen LogP contribution is 2.38. The van der Waals surface area contributed by atoms with E-state index in [2.05, 4.69) is 24.7 Å². The topological polar surface area (TPSA) is 81.8 Å². The smallest absolute Gasteiger partial charge is 0.387 e. The molecule has 1 saturated heterocycles. The van der Waals surface area contributed by atoms with Crippen LogP contribution in [0.2, 0.25) is 0 Å². The number of hydrogen-bond donors (Lipinski definition) is 0. The molecular formula is C21H23F2N5O3. The third-order valence-corrected chi connectivity index (χ3v) is 5.62. The number of ether oxygens (including phenoxy) is 2. The average Bonchev–Trinajstić information content (AvgIpc) is 3.23. The van der Waals surface area contributed by atoms with Gasteiger partial charge in [-0.3, -0.25) is 4.79 Å². The standard InChI is InChI=1S/C21H23F2N5O3/c1-3-30-18(29)21(8-10-27(2)11-9-21)17-12-16(26-20-24-13-25-28(17)20)14-4-6-15(7-5-14)31-19(22)23/h4-7,12-13,19H,3,8-11H2,1-2H3. The predicted octanol–water partition coefficient (Wildman–Crippen LogP) is 2.92. The molecular weight excluding hydrogens is 408 g/mol. The van der Waals surface area contributed by atoms with Gasteiger partial charge in [0, 0.05) is 5.56 Å². The summed E-state index contributed by atoms with van der Waals surface area (Å²) >= 11 is 0. The molecule has 2 aromatic heterocycles. The van der Waals surface area contributed by atoms with E-state index in [0.717, 1.165) is 13.1 Å². The second-order valence-electron chi connectivity index (χ2n) is 7.51. The molecule has 3 heterocycles. The lowest BCUT2D eigenvalue weighted by Gasteiger charge is -2.38. The molecule has 4 rings (SSSR count). The molecule has 0 N–H and O–H groups in total. The number of fused-ring (bicyclic) bond motifs is 1. The zero-order valence-electron chi connectivity index (χ0n) is 17.3. The summed E-state index contributed by atoms with van der Waals surface area (Å²) in [6.45, 7) is 0.628. The fourth-order valence-electron chi connectivity index (χ4n) is 3.94. The van der Waals surface area contributed by atoms with Crippen LogP contribution in [0, 0.1) is 0 Å². The van der Waals surface area contributed by atoms with Crippen molar-refractivity contribution in [2.75, 3.05) is 26.7 Å². The summed E-state index contributed by atoms with van der Waals surface area (Å²) in [5.41, 5.74) is 1.01. The Kier molecular flexibility index (Phi) is 5.81. The molecule has 0 unspecified atom stereocenters. The first-order chi connectivity index (χ1) is 14.9. The molecule has 0 aliphatic carbocycles. The lowest BCUT2D eigenvalue weighted by Crippen LogP contribution is -2.48. The molecule has 8 nitrogen and oxygen atoms in total. The minimum absolute atomic E-state index is 0.0563. The summed E-state index contributed by atoms with van der Waals surface area (Å²) in [7, 11) is 2.02. The lowest BCUT2D eigenvalue weighted by atomic mass is 9.75. The van der Waals surface area contributed by atoms with Gasteiger partial charge >= 0.3 is 12.6 Å². The fraction of sp³-hybridized carbons (Fsp3) is 0.429. The number of carbonyl (C=O) groups excluding carboxylic acids is 1. The molecule has 1 aliphatic rings. The van der Waals surface area contributed by atoms with Crippen LogP contribution in [0.5, 0.6) is 5.75 Å². The number of halogens is 2. The summed E-state index contributed by atoms with van der Waals surface area (Å²) in [4.78, 5) is 24.1. The van der Waals surface area contributed by atoms with Gasteiger partial charge in [0.15, 0.2) is 0 Å². The molecule has 0 spiro atoms. The van der Waals surface area contributed by atoms with Gasteiger partial charge in [0.1, 0.15) is 17.5 Å². The molecule has 3 aromatic rings. The van der Waals surface area contributed by atoms with E-state index in [1.54, 1.807) is 23.6 Å². The third kappa shape index (κ3) is 4.07. The first-order valence-corrected chi connectivity index (χ1v) is 10.1. The Morgan fingerprint density at radius 3 is 2.58 bits per heavy atom. The predicted molar refractivity (Wildman–Crippen MR) is 108 cm³/mol. The van der Waals surface area contributed by atoms with Crippen LogP contribution in [0.15, 0.2) is 36.7 Å². The zero-order valence-corrected chi connectivity index (χ0v) is 17.3. The van der Waals surface area contributed by atoms with Gasteiger partial charge in [-0.15, -0.1) is 0 Å². The molecule has 10 heteroatoms. The molecule has 1 fully saturated rings. The summed E-state index contributed by atoms with van der Waals surface area (Å²) < 4.78 is 36.4. The molecule has 0 bridgehead atoms. The monoisotopic (exact) mass is 431 g/mol. The maximum atomic E-state index is 13.2. The van der Waals surface area contributed by atoms with E-state index in [-0.39, 0.29) is 18.3 Å². The van der Waals surface area contributed by atoms with Crippen LogP contribution in [0.3, 0.4) is 0 Å². The van der Waals surface area contributed by atoms with Crippen molar-refractivity contribution in [1.82, 2.24) is 24.5 Å². The maximum absolute atomic E-state index is 13.2. The lowest BCUT2D eigenvalue weighted by molar-refractivity contribution is -0.152. The number of rotatable bonds is 6. The first kappa shape index (κ1) is 21.1. The second kappa shape index (κ2) is 8.54. The highest BCUT2D eigenvalue weighted by atomic mass is 19.3. The van der Waals surface area contributed by atoms with Crippen molar-refractivity contribution in [3.8, 4) is 17.0 Å². The summed E-state index contributed by atoms with van der Waals surface area (Å²) in [6.07, 6.45) is 2.53. The Labute approximate surface area is 177 Å². The number of piperidine rings is 1. The Morgan fingerprint density at radius 1 is 1.23 bits per heavy atom. The number of esters is 1. The van der Waals surface area contributed by atoms with Gasteiger partial charge in [-0.2, -0.15) is 18.9 Å². The van der Waals surface area contributed by atoms with Crippen LogP contribution in [0.25, 0.3) is 17.0 Å². The Hall–Kier alpha value is -3.14. The quantitative estimate of drug-likeness (QED) is 0.555. The third-order valence-electron chi connectivity index (χ3n) is 5.62. The van der Waals surface area contributed by atoms with Crippen molar-refractivity contribution >= 4 is 11.7 Å². The van der Waals surface area contributed by atoms with E-state index in [1.165, 1.54) is 18.5 Å². The van der Waals surface area contributed by atoms with Crippen LogP contribution in [0.1, 0.15) is 25.5 Å². The minimum Gasteiger partial charge on any atom is -0.465 e. The number of hydrogen-bond acceptors (Lipinski definition) is 7. The number of alkyl halides is 2. The highest BCUT2D eigenvalue weighted by Gasteiger charge is 2.46. The molecule has 0 amide bonds. The van der Waals surface area contributed by atoms with Crippen molar-refractivity contribution in [3.63, 3.8) is 0 Å². The van der Waals surface area contributed by atoms with Gasteiger partial charge in [-0.25, -0.2) is 9.50 Å². The van der Waals surface area contributed by atoms with Gasteiger partial charge in [0.05, 0.1) is 18.0 Å². The Balaban J connectivity index is 1.82. The highest BCUT2D eigenvalue weighted by molar-refractivity contribution is 5.83. The molecule has 0 radical (unpaired) electrons. The Morgan fingerprint density at radius 2 is 1.94 bits per heavy atom. The number of carbonyl (C=O) groups is 1. The van der Waals surface area contributed by atoms with Crippen molar-refractivity contribution in [1.29, 1.82) is 0 Å². The molecule has 31 heavy (non-hydrogen) atoms. The van der Waals surface area contributed by atoms with Crippen molar-refractivity contribution < 1.29 is 23.0 Å². The molecule has 0 atom stereocenters. The van der Waals surface area contributed by atoms with E-state index in [0.29, 0.717) is 35.6 Å². The van der Waals surface area contributed by atoms with Crippen molar-refractivity contribution in [3.05, 3.63) is 42.4 Å². The van der Waals surface area contributed by atoms with E-state index in [9.17, 15) is 13.6 Å². The number of nitrogens with zero attached hydrogens (tertiary/aromatic N) is 5. The van der Waals surface area contributed by atoms with Crippen molar-refractivity contribution in [2.24, 2.45) is 0 Å². The molecule has 1 aliphatic heterocycles. The van der Waals surface area contributed by atoms with Crippen LogP contribution < -0.4 is 4.74 Å². The van der Waals surface area contributed by atoms with Gasteiger partial charge in [0.25, 0.3) is 5.78 Å². The van der Waals surface area contributed by atoms with Gasteiger partial charge in [0.2, 0.25) is 0 Å². The summed E-state index contributed by atoms with van der Waals surface area (Å²) in [5, 5.41) is 4.30. The molecule has 1 aromatic carbocycles. The van der Waals surface area contributed by atoms with E-state index >= 15 is 0 Å². The fourth-order valence-corrected chi connectivity index (χ4v) is 3.94. The van der Waals surface area contributed by atoms with Gasteiger partial charge in [-0.05, 0) is 70.2 Å². The van der Waals surface area contributed by atoms with E-state index in [4.69, 9.17) is 4.74 Å². The Bertz CT molecular complexity index is 1060. The average molecular weight is 431 g/mol.